The second-order valence-corrected chi connectivity index (χ2v) is 7.94. The van der Waals surface area contributed by atoms with Gasteiger partial charge in [0.2, 0.25) is 10.0 Å². The van der Waals surface area contributed by atoms with Gasteiger partial charge in [0.25, 0.3) is 0 Å². The number of hydrogen-bond donors (Lipinski definition) is 1. The van der Waals surface area contributed by atoms with Gasteiger partial charge in [-0.25, -0.2) is 8.42 Å². The molecule has 0 aliphatic carbocycles. The molecule has 2 aromatic rings. The lowest BCUT2D eigenvalue weighted by atomic mass is 10.2. The van der Waals surface area contributed by atoms with E-state index >= 15 is 0 Å². The van der Waals surface area contributed by atoms with Gasteiger partial charge < -0.3 is 14.5 Å². The summed E-state index contributed by atoms with van der Waals surface area (Å²) >= 11 is 0. The van der Waals surface area contributed by atoms with E-state index in [0.29, 0.717) is 0 Å². The second kappa shape index (κ2) is 7.77. The Balaban J connectivity index is 1.63. The molecule has 1 aromatic carbocycles. The van der Waals surface area contributed by atoms with Crippen LogP contribution in [0.15, 0.2) is 36.4 Å². The number of ether oxygens (including phenoxy) is 1. The highest BCUT2D eigenvalue weighted by Gasteiger charge is 2.20. The van der Waals surface area contributed by atoms with Crippen molar-refractivity contribution in [3.8, 4) is 5.75 Å². The van der Waals surface area contributed by atoms with Gasteiger partial charge in [-0.15, -0.1) is 10.2 Å². The van der Waals surface area contributed by atoms with Crippen LogP contribution in [0.2, 0.25) is 0 Å². The Bertz CT molecular complexity index is 834. The van der Waals surface area contributed by atoms with Gasteiger partial charge in [0, 0.05) is 26.2 Å². The Kier molecular flexibility index (Phi) is 5.46. The first-order valence-corrected chi connectivity index (χ1v) is 10.1. The average Bonchev–Trinajstić information content (AvgIpc) is 2.68. The molecule has 1 aliphatic rings. The summed E-state index contributed by atoms with van der Waals surface area (Å²) in [5, 5.41) is 8.13. The van der Waals surface area contributed by atoms with E-state index in [-0.39, 0.29) is 11.6 Å². The molecule has 0 amide bonds. The molecule has 3 rings (SSSR count). The van der Waals surface area contributed by atoms with E-state index in [9.17, 15) is 8.42 Å². The van der Waals surface area contributed by atoms with Crippen molar-refractivity contribution in [3.05, 3.63) is 36.4 Å². The van der Waals surface area contributed by atoms with Gasteiger partial charge in [-0.3, -0.25) is 4.72 Å². The highest BCUT2D eigenvalue weighted by Crippen LogP contribution is 2.28. The van der Waals surface area contributed by atoms with Crippen molar-refractivity contribution in [1.82, 2.24) is 10.2 Å². The summed E-state index contributed by atoms with van der Waals surface area (Å²) in [4.78, 5) is 4.42. The van der Waals surface area contributed by atoms with Crippen LogP contribution in [0, 0.1) is 0 Å². The van der Waals surface area contributed by atoms with Crippen molar-refractivity contribution >= 4 is 27.3 Å². The molecular weight excluding hydrogens is 354 g/mol. The number of para-hydroxylation sites is 2. The molecule has 9 heteroatoms. The highest BCUT2D eigenvalue weighted by molar-refractivity contribution is 7.92. The van der Waals surface area contributed by atoms with Gasteiger partial charge in [-0.1, -0.05) is 12.1 Å². The minimum Gasteiger partial charge on any atom is -0.495 e. The van der Waals surface area contributed by atoms with Gasteiger partial charge >= 0.3 is 0 Å². The first-order valence-electron chi connectivity index (χ1n) is 8.49. The third kappa shape index (κ3) is 4.16. The predicted molar refractivity (Wildman–Crippen MR) is 103 cm³/mol. The molecule has 1 aliphatic heterocycles. The van der Waals surface area contributed by atoms with Crippen molar-refractivity contribution in [1.29, 1.82) is 0 Å². The van der Waals surface area contributed by atoms with E-state index in [4.69, 9.17) is 4.74 Å². The van der Waals surface area contributed by atoms with E-state index in [1.54, 1.807) is 26.2 Å². The van der Waals surface area contributed by atoms with Crippen LogP contribution in [-0.2, 0) is 10.0 Å². The molecule has 0 bridgehead atoms. The standard InChI is InChI=1S/C17H23N5O3S/c1-3-26(23,24)20-16-8-9-17(19-18-16)22-12-10-21(11-13-22)14-6-4-5-7-15(14)25-2/h4-9H,3,10-13H2,1-2H3,(H,18,20). The molecule has 0 unspecified atom stereocenters. The molecule has 2 heterocycles. The lowest BCUT2D eigenvalue weighted by molar-refractivity contribution is 0.413. The largest absolute Gasteiger partial charge is 0.495 e. The SMILES string of the molecule is CCS(=O)(=O)Nc1ccc(N2CCN(c3ccccc3OC)CC2)nn1. The summed E-state index contributed by atoms with van der Waals surface area (Å²) in [6, 6.07) is 11.4. The maximum Gasteiger partial charge on any atom is 0.233 e. The topological polar surface area (TPSA) is 87.7 Å². The number of nitrogens with zero attached hydrogens (tertiary/aromatic N) is 4. The highest BCUT2D eigenvalue weighted by atomic mass is 32.2. The summed E-state index contributed by atoms with van der Waals surface area (Å²) in [7, 11) is -1.66. The minimum absolute atomic E-state index is 0.00133. The fraction of sp³-hybridized carbons (Fsp3) is 0.412. The van der Waals surface area contributed by atoms with Crippen molar-refractivity contribution in [2.24, 2.45) is 0 Å². The maximum absolute atomic E-state index is 11.6. The molecule has 0 spiro atoms. The summed E-state index contributed by atoms with van der Waals surface area (Å²) < 4.78 is 31.0. The van der Waals surface area contributed by atoms with Crippen LogP contribution in [0.25, 0.3) is 0 Å². The zero-order valence-corrected chi connectivity index (χ0v) is 15.7. The first-order chi connectivity index (χ1) is 12.5. The molecular formula is C17H23N5O3S. The quantitative estimate of drug-likeness (QED) is 0.817. The number of anilines is 3. The van der Waals surface area contributed by atoms with Gasteiger partial charge in [-0.2, -0.15) is 0 Å². The molecule has 8 nitrogen and oxygen atoms in total. The van der Waals surface area contributed by atoms with Gasteiger partial charge in [0.05, 0.1) is 18.6 Å². The number of sulfonamides is 1. The van der Waals surface area contributed by atoms with Crippen LogP contribution >= 0.6 is 0 Å². The third-order valence-corrected chi connectivity index (χ3v) is 5.60. The number of piperazine rings is 1. The number of methoxy groups -OCH3 is 1. The predicted octanol–water partition coefficient (Wildman–Crippen LogP) is 1.57. The minimum atomic E-state index is -3.34. The maximum atomic E-state index is 11.6. The van der Waals surface area contributed by atoms with Gasteiger partial charge in [-0.05, 0) is 31.2 Å². The zero-order valence-electron chi connectivity index (χ0n) is 14.9. The normalized spacial score (nSPS) is 15.0. The third-order valence-electron chi connectivity index (χ3n) is 4.32. The molecule has 1 saturated heterocycles. The molecule has 0 radical (unpaired) electrons. The Morgan fingerprint density at radius 3 is 2.35 bits per heavy atom. The zero-order chi connectivity index (χ0) is 18.6. The van der Waals surface area contributed by atoms with Crippen LogP contribution in [-0.4, -0.2) is 57.7 Å². The lowest BCUT2D eigenvalue weighted by Gasteiger charge is -2.37. The molecule has 0 saturated carbocycles. The number of aromatic nitrogens is 2. The van der Waals surface area contributed by atoms with E-state index < -0.39 is 10.0 Å². The molecule has 1 N–H and O–H groups in total. The monoisotopic (exact) mass is 377 g/mol. The molecule has 0 atom stereocenters. The number of hydrogen-bond acceptors (Lipinski definition) is 7. The molecule has 26 heavy (non-hydrogen) atoms. The second-order valence-electron chi connectivity index (χ2n) is 5.93. The summed E-state index contributed by atoms with van der Waals surface area (Å²) in [6.07, 6.45) is 0. The van der Waals surface area contributed by atoms with Gasteiger partial charge in [0.15, 0.2) is 11.6 Å². The van der Waals surface area contributed by atoms with E-state index in [1.807, 2.05) is 18.2 Å². The van der Waals surface area contributed by atoms with Crippen LogP contribution in [0.4, 0.5) is 17.3 Å². The smallest absolute Gasteiger partial charge is 0.233 e. The molecule has 1 fully saturated rings. The van der Waals surface area contributed by atoms with Crippen LogP contribution < -0.4 is 19.3 Å². The Hall–Kier alpha value is -2.55. The number of rotatable bonds is 6. The fourth-order valence-corrected chi connectivity index (χ4v) is 3.42. The summed E-state index contributed by atoms with van der Waals surface area (Å²) in [6.45, 7) is 4.85. The Labute approximate surface area is 153 Å². The summed E-state index contributed by atoms with van der Waals surface area (Å²) in [5.74, 6) is 1.85. The lowest BCUT2D eigenvalue weighted by Crippen LogP contribution is -2.47. The Morgan fingerprint density at radius 2 is 1.73 bits per heavy atom. The van der Waals surface area contributed by atoms with Crippen molar-refractivity contribution in [2.45, 2.75) is 6.92 Å². The van der Waals surface area contributed by atoms with Crippen molar-refractivity contribution in [2.75, 3.05) is 53.6 Å². The van der Waals surface area contributed by atoms with Crippen molar-refractivity contribution in [3.63, 3.8) is 0 Å². The number of benzene rings is 1. The van der Waals surface area contributed by atoms with E-state index in [1.165, 1.54) is 0 Å². The van der Waals surface area contributed by atoms with Crippen LogP contribution in [0.5, 0.6) is 5.75 Å². The van der Waals surface area contributed by atoms with Crippen LogP contribution in [0.3, 0.4) is 0 Å². The first kappa shape index (κ1) is 18.2. The molecule has 140 valence electrons. The fourth-order valence-electron chi connectivity index (χ4n) is 2.85. The Morgan fingerprint density at radius 1 is 1.04 bits per heavy atom. The van der Waals surface area contributed by atoms with Gasteiger partial charge in [0.1, 0.15) is 5.75 Å². The van der Waals surface area contributed by atoms with E-state index in [2.05, 4.69) is 30.8 Å². The molecule has 1 aromatic heterocycles. The van der Waals surface area contributed by atoms with Crippen LogP contribution in [0.1, 0.15) is 6.92 Å². The summed E-state index contributed by atoms with van der Waals surface area (Å²) in [5.41, 5.74) is 1.09. The average molecular weight is 377 g/mol. The number of nitrogens with one attached hydrogen (secondary N) is 1. The van der Waals surface area contributed by atoms with Crippen molar-refractivity contribution < 1.29 is 13.2 Å². The van der Waals surface area contributed by atoms with E-state index in [0.717, 1.165) is 43.4 Å².